The van der Waals surface area contributed by atoms with Gasteiger partial charge in [0.05, 0.1) is 13.2 Å². The zero-order valence-corrected chi connectivity index (χ0v) is 8.56. The van der Waals surface area contributed by atoms with Crippen LogP contribution in [0.15, 0.2) is 12.1 Å². The lowest BCUT2D eigenvalue weighted by atomic mass is 10.4. The zero-order chi connectivity index (χ0) is 11.4. The van der Waals surface area contributed by atoms with Crippen molar-refractivity contribution in [2.24, 2.45) is 0 Å². The Bertz CT molecular complexity index is 452. The van der Waals surface area contributed by atoms with Crippen LogP contribution < -0.4 is 4.90 Å². The van der Waals surface area contributed by atoms with Crippen LogP contribution in [0.2, 0.25) is 0 Å². The molecular formula is C8H12N6O2. The zero-order valence-electron chi connectivity index (χ0n) is 8.56. The van der Waals surface area contributed by atoms with Crippen molar-refractivity contribution in [1.29, 1.82) is 0 Å². The molecule has 0 bridgehead atoms. The van der Waals surface area contributed by atoms with Crippen LogP contribution >= 0.6 is 0 Å². The molecule has 0 amide bonds. The van der Waals surface area contributed by atoms with Crippen molar-refractivity contribution in [1.82, 2.24) is 25.3 Å². The second kappa shape index (κ2) is 4.81. The molecule has 2 aromatic heterocycles. The second-order valence-corrected chi connectivity index (χ2v) is 3.15. The molecule has 8 heteroatoms. The largest absolute Gasteiger partial charge is 0.395 e. The number of aromatic nitrogens is 5. The Morgan fingerprint density at radius 2 is 1.94 bits per heavy atom. The van der Waals surface area contributed by atoms with Crippen molar-refractivity contribution >= 4 is 11.5 Å². The summed E-state index contributed by atoms with van der Waals surface area (Å²) in [6, 6.07) is 3.47. The third-order valence-corrected chi connectivity index (χ3v) is 2.12. The van der Waals surface area contributed by atoms with Gasteiger partial charge >= 0.3 is 0 Å². The number of hydrogen-bond donors (Lipinski definition) is 2. The van der Waals surface area contributed by atoms with Crippen LogP contribution in [0.5, 0.6) is 0 Å². The van der Waals surface area contributed by atoms with Crippen molar-refractivity contribution in [3.05, 3.63) is 12.1 Å². The molecule has 0 unspecified atom stereocenters. The Morgan fingerprint density at radius 3 is 2.62 bits per heavy atom. The van der Waals surface area contributed by atoms with Gasteiger partial charge in [0, 0.05) is 13.1 Å². The summed E-state index contributed by atoms with van der Waals surface area (Å²) in [6.07, 6.45) is 0. The van der Waals surface area contributed by atoms with Gasteiger partial charge in [0.15, 0.2) is 11.5 Å². The molecule has 2 rings (SSSR count). The van der Waals surface area contributed by atoms with Gasteiger partial charge in [-0.2, -0.15) is 0 Å². The summed E-state index contributed by atoms with van der Waals surface area (Å²) in [6.45, 7) is 0.799. The van der Waals surface area contributed by atoms with Crippen LogP contribution in [0.3, 0.4) is 0 Å². The van der Waals surface area contributed by atoms with Gasteiger partial charge in [0.1, 0.15) is 0 Å². The van der Waals surface area contributed by atoms with E-state index < -0.39 is 0 Å². The first-order valence-electron chi connectivity index (χ1n) is 4.87. The van der Waals surface area contributed by atoms with E-state index in [4.69, 9.17) is 10.2 Å². The predicted molar refractivity (Wildman–Crippen MR) is 55.0 cm³/mol. The van der Waals surface area contributed by atoms with Crippen LogP contribution in [0.25, 0.3) is 5.65 Å². The van der Waals surface area contributed by atoms with Crippen molar-refractivity contribution in [3.63, 3.8) is 0 Å². The van der Waals surface area contributed by atoms with Crippen LogP contribution in [0.1, 0.15) is 0 Å². The van der Waals surface area contributed by atoms with Gasteiger partial charge in [0.25, 0.3) is 0 Å². The number of tetrazole rings is 1. The Balaban J connectivity index is 2.28. The number of rotatable bonds is 5. The highest BCUT2D eigenvalue weighted by atomic mass is 16.3. The summed E-state index contributed by atoms with van der Waals surface area (Å²) >= 11 is 0. The van der Waals surface area contributed by atoms with Crippen LogP contribution in [-0.2, 0) is 0 Å². The van der Waals surface area contributed by atoms with Gasteiger partial charge < -0.3 is 15.1 Å². The van der Waals surface area contributed by atoms with Gasteiger partial charge in [-0.3, -0.25) is 0 Å². The molecule has 2 heterocycles. The van der Waals surface area contributed by atoms with Crippen molar-refractivity contribution < 1.29 is 10.2 Å². The van der Waals surface area contributed by atoms with Crippen LogP contribution in [0, 0.1) is 0 Å². The standard InChI is InChI=1S/C8H12N6O2/c15-5-3-13(4-6-16)8-2-1-7-9-11-12-14(7)10-8/h1-2,15-16H,3-6H2. The van der Waals surface area contributed by atoms with Crippen molar-refractivity contribution in [3.8, 4) is 0 Å². The third kappa shape index (κ3) is 2.07. The minimum Gasteiger partial charge on any atom is -0.395 e. The lowest BCUT2D eigenvalue weighted by molar-refractivity contribution is 0.280. The molecule has 0 aromatic carbocycles. The van der Waals surface area contributed by atoms with Crippen molar-refractivity contribution in [2.45, 2.75) is 0 Å². The smallest absolute Gasteiger partial charge is 0.200 e. The summed E-state index contributed by atoms with van der Waals surface area (Å²) in [5.41, 5.74) is 0.552. The fourth-order valence-electron chi connectivity index (χ4n) is 1.39. The monoisotopic (exact) mass is 224 g/mol. The van der Waals surface area contributed by atoms with Crippen LogP contribution in [0.4, 0.5) is 5.82 Å². The second-order valence-electron chi connectivity index (χ2n) is 3.15. The van der Waals surface area contributed by atoms with E-state index in [1.54, 1.807) is 17.0 Å². The fraction of sp³-hybridized carbons (Fsp3) is 0.500. The van der Waals surface area contributed by atoms with Gasteiger partial charge in [-0.15, -0.1) is 14.8 Å². The molecule has 0 aliphatic heterocycles. The minimum absolute atomic E-state index is 0.00464. The lowest BCUT2D eigenvalue weighted by Gasteiger charge is -2.20. The average molecular weight is 224 g/mol. The SMILES string of the molecule is OCCN(CCO)c1ccc2nnnn2n1. The highest BCUT2D eigenvalue weighted by Gasteiger charge is 2.08. The van der Waals surface area contributed by atoms with E-state index in [0.29, 0.717) is 24.6 Å². The van der Waals surface area contributed by atoms with E-state index in [9.17, 15) is 0 Å². The molecule has 2 N–H and O–H groups in total. The van der Waals surface area contributed by atoms with Gasteiger partial charge in [-0.25, -0.2) is 0 Å². The first-order chi connectivity index (χ1) is 7.85. The molecule has 0 saturated carbocycles. The maximum absolute atomic E-state index is 8.90. The average Bonchev–Trinajstić information content (AvgIpc) is 2.75. The number of hydrogen-bond acceptors (Lipinski definition) is 7. The molecular weight excluding hydrogens is 212 g/mol. The number of fused-ring (bicyclic) bond motifs is 1. The quantitative estimate of drug-likeness (QED) is 0.625. The van der Waals surface area contributed by atoms with E-state index in [0.717, 1.165) is 0 Å². The molecule has 0 aliphatic rings. The van der Waals surface area contributed by atoms with E-state index in [-0.39, 0.29) is 13.2 Å². The molecule has 0 radical (unpaired) electrons. The number of aliphatic hydroxyl groups is 2. The molecule has 0 aliphatic carbocycles. The van der Waals surface area contributed by atoms with E-state index in [1.807, 2.05) is 0 Å². The number of nitrogens with zero attached hydrogens (tertiary/aromatic N) is 6. The number of aliphatic hydroxyl groups excluding tert-OH is 2. The molecule has 0 saturated heterocycles. The summed E-state index contributed by atoms with van der Waals surface area (Å²) in [5, 5.41) is 32.8. The summed E-state index contributed by atoms with van der Waals surface area (Å²) < 4.78 is 1.30. The maximum Gasteiger partial charge on any atom is 0.200 e. The summed E-state index contributed by atoms with van der Waals surface area (Å²) in [7, 11) is 0. The Morgan fingerprint density at radius 1 is 1.19 bits per heavy atom. The van der Waals surface area contributed by atoms with E-state index in [2.05, 4.69) is 20.6 Å². The molecule has 86 valence electrons. The molecule has 0 atom stereocenters. The molecule has 2 aromatic rings. The van der Waals surface area contributed by atoms with Gasteiger partial charge in [-0.05, 0) is 22.6 Å². The first-order valence-corrected chi connectivity index (χ1v) is 4.87. The first kappa shape index (κ1) is 10.7. The Kier molecular flexibility index (Phi) is 3.22. The topological polar surface area (TPSA) is 99.7 Å². The highest BCUT2D eigenvalue weighted by Crippen LogP contribution is 2.09. The highest BCUT2D eigenvalue weighted by molar-refractivity contribution is 5.44. The molecule has 16 heavy (non-hydrogen) atoms. The van der Waals surface area contributed by atoms with Crippen LogP contribution in [-0.4, -0.2) is 61.8 Å². The van der Waals surface area contributed by atoms with Gasteiger partial charge in [-0.1, -0.05) is 0 Å². The normalized spacial score (nSPS) is 10.9. The lowest BCUT2D eigenvalue weighted by Crippen LogP contribution is -2.30. The minimum atomic E-state index is -0.00464. The van der Waals surface area contributed by atoms with Gasteiger partial charge in [0.2, 0.25) is 0 Å². The fourth-order valence-corrected chi connectivity index (χ4v) is 1.39. The Hall–Kier alpha value is -1.80. The Labute approximate surface area is 91.1 Å². The van der Waals surface area contributed by atoms with E-state index >= 15 is 0 Å². The summed E-state index contributed by atoms with van der Waals surface area (Å²) in [4.78, 5) is 1.75. The molecule has 0 spiro atoms. The van der Waals surface area contributed by atoms with Crippen molar-refractivity contribution in [2.75, 3.05) is 31.2 Å². The van der Waals surface area contributed by atoms with E-state index in [1.165, 1.54) is 4.63 Å². The summed E-state index contributed by atoms with van der Waals surface area (Å²) in [5.74, 6) is 0.614. The molecule has 8 nitrogen and oxygen atoms in total. The maximum atomic E-state index is 8.90. The molecule has 0 fully saturated rings. The predicted octanol–water partition coefficient (Wildman–Crippen LogP) is -1.69. The third-order valence-electron chi connectivity index (χ3n) is 2.12. The number of anilines is 1.